The topological polar surface area (TPSA) is 93.0 Å². The number of hydrogen-bond donors (Lipinski definition) is 3. The highest BCUT2D eigenvalue weighted by Gasteiger charge is 2.11. The minimum atomic E-state index is -0.360. The number of H-pyrrole nitrogens is 1. The molecule has 0 saturated heterocycles. The summed E-state index contributed by atoms with van der Waals surface area (Å²) in [5, 5.41) is 9.54. The van der Waals surface area contributed by atoms with Crippen LogP contribution < -0.4 is 15.8 Å². The lowest BCUT2D eigenvalue weighted by atomic mass is 10.3. The van der Waals surface area contributed by atoms with E-state index in [1.165, 1.54) is 6.20 Å². The third kappa shape index (κ3) is 3.69. The summed E-state index contributed by atoms with van der Waals surface area (Å²) in [5.41, 5.74) is 5.96. The predicted molar refractivity (Wildman–Crippen MR) is 80.1 cm³/mol. The maximum absolute atomic E-state index is 11.7. The van der Waals surface area contributed by atoms with Gasteiger partial charge in [0, 0.05) is 5.02 Å². The van der Waals surface area contributed by atoms with Gasteiger partial charge in [0.1, 0.15) is 16.6 Å². The number of anilines is 1. The van der Waals surface area contributed by atoms with E-state index in [4.69, 9.17) is 34.3 Å². The second-order valence-corrected chi connectivity index (χ2v) is 4.69. The maximum atomic E-state index is 11.7. The zero-order chi connectivity index (χ0) is 14.5. The van der Waals surface area contributed by atoms with Crippen molar-refractivity contribution in [2.75, 3.05) is 11.9 Å². The molecule has 1 aromatic carbocycles. The number of nitrogens with zero attached hydrogens (tertiary/aromatic N) is 1. The highest BCUT2D eigenvalue weighted by molar-refractivity contribution is 7.80. The first-order valence-electron chi connectivity index (χ1n) is 5.57. The molecule has 1 heterocycles. The lowest BCUT2D eigenvalue weighted by Gasteiger charge is -2.07. The number of halogens is 1. The van der Waals surface area contributed by atoms with Gasteiger partial charge in [-0.2, -0.15) is 5.10 Å². The smallest absolute Gasteiger partial charge is 0.263 e. The Kier molecular flexibility index (Phi) is 4.54. The van der Waals surface area contributed by atoms with Crippen LogP contribution in [0.15, 0.2) is 30.5 Å². The minimum absolute atomic E-state index is 0.146. The fourth-order valence-electron chi connectivity index (χ4n) is 1.42. The Balaban J connectivity index is 1.91. The summed E-state index contributed by atoms with van der Waals surface area (Å²) in [6.07, 6.45) is 1.44. The number of aromatic amines is 1. The van der Waals surface area contributed by atoms with Crippen LogP contribution in [0.1, 0.15) is 5.56 Å². The van der Waals surface area contributed by atoms with Crippen molar-refractivity contribution in [1.82, 2.24) is 10.2 Å². The normalized spacial score (nSPS) is 10.1. The third-order valence-electron chi connectivity index (χ3n) is 2.35. The lowest BCUT2D eigenvalue weighted by Crippen LogP contribution is -2.22. The number of amides is 1. The van der Waals surface area contributed by atoms with E-state index in [-0.39, 0.29) is 17.5 Å². The number of carbonyl (C=O) groups excluding carboxylic acids is 1. The van der Waals surface area contributed by atoms with Gasteiger partial charge in [-0.1, -0.05) is 23.8 Å². The average molecular weight is 311 g/mol. The summed E-state index contributed by atoms with van der Waals surface area (Å²) in [7, 11) is 0. The minimum Gasteiger partial charge on any atom is -0.484 e. The Bertz CT molecular complexity index is 627. The van der Waals surface area contributed by atoms with Crippen molar-refractivity contribution in [1.29, 1.82) is 0 Å². The van der Waals surface area contributed by atoms with Crippen molar-refractivity contribution < 1.29 is 9.53 Å². The number of benzene rings is 1. The first-order chi connectivity index (χ1) is 9.56. The molecule has 2 aromatic rings. The molecule has 4 N–H and O–H groups in total. The molecule has 8 heteroatoms. The number of carbonyl (C=O) groups is 1. The number of aromatic nitrogens is 2. The molecular weight excluding hydrogens is 300 g/mol. The molecule has 0 aliphatic heterocycles. The molecule has 0 bridgehead atoms. The number of rotatable bonds is 5. The van der Waals surface area contributed by atoms with E-state index in [9.17, 15) is 4.79 Å². The van der Waals surface area contributed by atoms with Gasteiger partial charge in [0.2, 0.25) is 0 Å². The van der Waals surface area contributed by atoms with Crippen molar-refractivity contribution in [3.8, 4) is 5.75 Å². The molecule has 1 aromatic heterocycles. The quantitative estimate of drug-likeness (QED) is 0.731. The summed E-state index contributed by atoms with van der Waals surface area (Å²) >= 11 is 10.6. The number of ether oxygens (including phenoxy) is 1. The molecule has 0 aliphatic carbocycles. The Labute approximate surface area is 125 Å². The second kappa shape index (κ2) is 6.36. The van der Waals surface area contributed by atoms with E-state index in [0.29, 0.717) is 22.2 Å². The summed E-state index contributed by atoms with van der Waals surface area (Å²) in [5.74, 6) is 0.535. The molecule has 0 radical (unpaired) electrons. The molecule has 6 nitrogen and oxygen atoms in total. The van der Waals surface area contributed by atoms with Gasteiger partial charge >= 0.3 is 0 Å². The third-order valence-corrected chi connectivity index (χ3v) is 2.82. The van der Waals surface area contributed by atoms with E-state index in [1.807, 2.05) is 0 Å². The molecule has 0 aliphatic rings. The van der Waals surface area contributed by atoms with Crippen molar-refractivity contribution >= 4 is 40.5 Å². The lowest BCUT2D eigenvalue weighted by molar-refractivity contribution is -0.118. The Morgan fingerprint density at radius 3 is 2.80 bits per heavy atom. The highest BCUT2D eigenvalue weighted by Crippen LogP contribution is 2.15. The SMILES string of the molecule is NC(=S)c1cn[nH]c1NC(=O)COc1ccc(Cl)cc1. The molecule has 0 saturated carbocycles. The number of hydrogen-bond acceptors (Lipinski definition) is 4. The van der Waals surface area contributed by atoms with Crippen LogP contribution in [0.25, 0.3) is 0 Å². The van der Waals surface area contributed by atoms with Crippen molar-refractivity contribution in [3.05, 3.63) is 41.0 Å². The highest BCUT2D eigenvalue weighted by atomic mass is 35.5. The van der Waals surface area contributed by atoms with Crippen LogP contribution >= 0.6 is 23.8 Å². The van der Waals surface area contributed by atoms with Crippen LogP contribution in [0.2, 0.25) is 5.02 Å². The van der Waals surface area contributed by atoms with E-state index in [1.54, 1.807) is 24.3 Å². The maximum Gasteiger partial charge on any atom is 0.263 e. The standard InChI is InChI=1S/C12H11ClN4O2S/c13-7-1-3-8(4-2-7)19-6-10(18)16-12-9(11(14)20)5-15-17-12/h1-5H,6H2,(H2,14,20)(H2,15,16,17,18). The molecular formula is C12H11ClN4O2S. The average Bonchev–Trinajstić information content (AvgIpc) is 2.86. The fraction of sp³-hybridized carbons (Fsp3) is 0.0833. The van der Waals surface area contributed by atoms with Crippen LogP contribution in [0.5, 0.6) is 5.75 Å². The summed E-state index contributed by atoms with van der Waals surface area (Å²) in [6, 6.07) is 6.70. The van der Waals surface area contributed by atoms with E-state index < -0.39 is 0 Å². The van der Waals surface area contributed by atoms with Crippen LogP contribution in [-0.4, -0.2) is 27.7 Å². The van der Waals surface area contributed by atoms with Crippen LogP contribution in [0.4, 0.5) is 5.82 Å². The fourth-order valence-corrected chi connectivity index (χ4v) is 1.70. The first kappa shape index (κ1) is 14.3. The molecule has 0 unspecified atom stereocenters. The van der Waals surface area contributed by atoms with Crippen molar-refractivity contribution in [2.24, 2.45) is 5.73 Å². The summed E-state index contributed by atoms with van der Waals surface area (Å²) in [4.78, 5) is 11.9. The number of nitrogens with one attached hydrogen (secondary N) is 2. The van der Waals surface area contributed by atoms with Crippen LogP contribution in [0, 0.1) is 0 Å². The van der Waals surface area contributed by atoms with E-state index in [2.05, 4.69) is 15.5 Å². The Morgan fingerprint density at radius 1 is 1.45 bits per heavy atom. The molecule has 0 fully saturated rings. The van der Waals surface area contributed by atoms with Gasteiger partial charge in [-0.3, -0.25) is 9.89 Å². The zero-order valence-corrected chi connectivity index (χ0v) is 11.8. The number of nitrogens with two attached hydrogens (primary N) is 1. The molecule has 1 amide bonds. The largest absolute Gasteiger partial charge is 0.484 e. The van der Waals surface area contributed by atoms with E-state index >= 15 is 0 Å². The Morgan fingerprint density at radius 2 is 2.15 bits per heavy atom. The summed E-state index contributed by atoms with van der Waals surface area (Å²) in [6.45, 7) is -0.155. The van der Waals surface area contributed by atoms with E-state index in [0.717, 1.165) is 0 Å². The van der Waals surface area contributed by atoms with Gasteiger partial charge < -0.3 is 15.8 Å². The van der Waals surface area contributed by atoms with Crippen LogP contribution in [0.3, 0.4) is 0 Å². The predicted octanol–water partition coefficient (Wildman–Crippen LogP) is 1.71. The van der Waals surface area contributed by atoms with Gasteiger partial charge in [-0.15, -0.1) is 0 Å². The zero-order valence-electron chi connectivity index (χ0n) is 10.2. The Hall–Kier alpha value is -2.12. The van der Waals surface area contributed by atoms with Gasteiger partial charge in [0.15, 0.2) is 6.61 Å². The van der Waals surface area contributed by atoms with Gasteiger partial charge in [0.25, 0.3) is 5.91 Å². The molecule has 2 rings (SSSR count). The first-order valence-corrected chi connectivity index (χ1v) is 6.36. The van der Waals surface area contributed by atoms with Gasteiger partial charge in [0.05, 0.1) is 11.8 Å². The summed E-state index contributed by atoms with van der Waals surface area (Å²) < 4.78 is 5.30. The van der Waals surface area contributed by atoms with Gasteiger partial charge in [-0.05, 0) is 24.3 Å². The van der Waals surface area contributed by atoms with Crippen LogP contribution in [-0.2, 0) is 4.79 Å². The molecule has 0 spiro atoms. The monoisotopic (exact) mass is 310 g/mol. The molecule has 0 atom stereocenters. The van der Waals surface area contributed by atoms with Crippen molar-refractivity contribution in [2.45, 2.75) is 0 Å². The number of thiocarbonyl (C=S) groups is 1. The van der Waals surface area contributed by atoms with Crippen molar-refractivity contribution in [3.63, 3.8) is 0 Å². The molecule has 20 heavy (non-hydrogen) atoms. The van der Waals surface area contributed by atoms with Gasteiger partial charge in [-0.25, -0.2) is 0 Å². The second-order valence-electron chi connectivity index (χ2n) is 3.81. The molecule has 104 valence electrons.